The van der Waals surface area contributed by atoms with Crippen LogP contribution in [0.1, 0.15) is 17.7 Å². The summed E-state index contributed by atoms with van der Waals surface area (Å²) in [6.45, 7) is 0. The van der Waals surface area contributed by atoms with Crippen LogP contribution < -0.4 is 0 Å². The van der Waals surface area contributed by atoms with E-state index in [2.05, 4.69) is 191 Å². The van der Waals surface area contributed by atoms with E-state index in [0.29, 0.717) is 0 Å². The number of para-hydroxylation sites is 3. The third-order valence-corrected chi connectivity index (χ3v) is 13.8. The molecular formula is C54H34N2S. The summed E-state index contributed by atoms with van der Waals surface area (Å²) in [4.78, 5) is 0. The van der Waals surface area contributed by atoms with Gasteiger partial charge in [-0.3, -0.25) is 0 Å². The summed E-state index contributed by atoms with van der Waals surface area (Å²) in [5, 5.41) is 11.9. The fraction of sp³-hybridized carbons (Fsp3) is 0.0370. The molecular weight excluding hydrogens is 709 g/mol. The summed E-state index contributed by atoms with van der Waals surface area (Å²) >= 11 is 1.96. The lowest BCUT2D eigenvalue weighted by atomic mass is 9.90. The molecule has 0 spiro atoms. The van der Waals surface area contributed by atoms with Gasteiger partial charge in [0, 0.05) is 59.0 Å². The molecule has 0 aliphatic heterocycles. The maximum atomic E-state index is 2.51. The van der Waals surface area contributed by atoms with E-state index in [1.165, 1.54) is 119 Å². The topological polar surface area (TPSA) is 9.86 Å². The van der Waals surface area contributed by atoms with Crippen LogP contribution in [0.4, 0.5) is 0 Å². The third-order valence-electron chi connectivity index (χ3n) is 12.5. The van der Waals surface area contributed by atoms with Crippen LogP contribution in [0.15, 0.2) is 176 Å². The summed E-state index contributed by atoms with van der Waals surface area (Å²) in [6.07, 6.45) is 6.78. The minimum absolute atomic E-state index is 1.04. The van der Waals surface area contributed by atoms with Crippen molar-refractivity contribution in [2.45, 2.75) is 12.8 Å². The van der Waals surface area contributed by atoms with Gasteiger partial charge in [-0.2, -0.15) is 0 Å². The highest BCUT2D eigenvalue weighted by molar-refractivity contribution is 7.27. The number of hydrogen-bond donors (Lipinski definition) is 0. The zero-order valence-electron chi connectivity index (χ0n) is 31.0. The first-order valence-corrected chi connectivity index (χ1v) is 20.7. The molecule has 0 radical (unpaired) electrons. The predicted molar refractivity (Wildman–Crippen MR) is 245 cm³/mol. The molecule has 266 valence electrons. The molecule has 3 aromatic heterocycles. The van der Waals surface area contributed by atoms with Crippen molar-refractivity contribution >= 4 is 91.8 Å². The van der Waals surface area contributed by atoms with Gasteiger partial charge in [-0.05, 0) is 99.1 Å². The maximum absolute atomic E-state index is 2.51. The van der Waals surface area contributed by atoms with Gasteiger partial charge in [0.15, 0.2) is 0 Å². The lowest BCUT2D eigenvalue weighted by Gasteiger charge is -2.14. The van der Waals surface area contributed by atoms with E-state index in [4.69, 9.17) is 0 Å². The van der Waals surface area contributed by atoms with Crippen molar-refractivity contribution in [3.8, 4) is 33.6 Å². The van der Waals surface area contributed by atoms with Crippen LogP contribution in [-0.4, -0.2) is 9.13 Å². The first-order valence-electron chi connectivity index (χ1n) is 19.9. The minimum Gasteiger partial charge on any atom is -0.313 e. The Morgan fingerprint density at radius 2 is 0.912 bits per heavy atom. The predicted octanol–water partition coefficient (Wildman–Crippen LogP) is 15.1. The van der Waals surface area contributed by atoms with E-state index in [1.54, 1.807) is 0 Å². The Bertz CT molecular complexity index is 3620. The lowest BCUT2D eigenvalue weighted by Crippen LogP contribution is -2.02. The second kappa shape index (κ2) is 11.8. The summed E-state index contributed by atoms with van der Waals surface area (Å²) in [7, 11) is 0. The van der Waals surface area contributed by atoms with Crippen LogP contribution in [-0.2, 0) is 6.42 Å². The van der Waals surface area contributed by atoms with Gasteiger partial charge < -0.3 is 9.13 Å². The van der Waals surface area contributed by atoms with Crippen LogP contribution >= 0.6 is 11.3 Å². The molecule has 13 rings (SSSR count). The molecule has 0 N–H and O–H groups in total. The number of hydrogen-bond acceptors (Lipinski definition) is 1. The Morgan fingerprint density at radius 3 is 1.56 bits per heavy atom. The van der Waals surface area contributed by atoms with Crippen molar-refractivity contribution in [3.63, 3.8) is 0 Å². The number of allylic oxidation sites excluding steroid dienone is 1. The van der Waals surface area contributed by atoms with E-state index in [9.17, 15) is 0 Å². The first-order chi connectivity index (χ1) is 28.3. The normalized spacial score (nSPS) is 13.1. The average Bonchev–Trinajstić information content (AvgIpc) is 3.95. The number of fused-ring (bicyclic) bond motifs is 9. The molecule has 0 saturated carbocycles. The average molecular weight is 743 g/mol. The van der Waals surface area contributed by atoms with Crippen LogP contribution in [0.5, 0.6) is 0 Å². The number of rotatable bonds is 4. The lowest BCUT2D eigenvalue weighted by molar-refractivity contribution is 0.888. The van der Waals surface area contributed by atoms with Crippen molar-refractivity contribution in [2.75, 3.05) is 0 Å². The Labute approximate surface area is 333 Å². The largest absolute Gasteiger partial charge is 0.313 e. The molecule has 0 unspecified atom stereocenters. The Kier molecular flexibility index (Phi) is 6.47. The molecule has 0 saturated heterocycles. The Morgan fingerprint density at radius 1 is 0.404 bits per heavy atom. The van der Waals surface area contributed by atoms with Gasteiger partial charge in [0.05, 0.1) is 16.6 Å². The van der Waals surface area contributed by atoms with Gasteiger partial charge in [0.2, 0.25) is 0 Å². The highest BCUT2D eigenvalue weighted by Crippen LogP contribution is 2.51. The second-order valence-corrected chi connectivity index (χ2v) is 16.5. The number of thiophene rings is 1. The van der Waals surface area contributed by atoms with Crippen molar-refractivity contribution in [3.05, 3.63) is 187 Å². The number of benzene rings is 9. The van der Waals surface area contributed by atoms with E-state index < -0.39 is 0 Å². The summed E-state index contributed by atoms with van der Waals surface area (Å²) in [5.41, 5.74) is 14.0. The quantitative estimate of drug-likeness (QED) is 0.159. The summed E-state index contributed by atoms with van der Waals surface area (Å²) in [5.74, 6) is 0. The van der Waals surface area contributed by atoms with Gasteiger partial charge in [-0.15, -0.1) is 11.3 Å². The van der Waals surface area contributed by atoms with Gasteiger partial charge in [-0.25, -0.2) is 0 Å². The zero-order chi connectivity index (χ0) is 37.2. The Balaban J connectivity index is 1.09. The highest BCUT2D eigenvalue weighted by atomic mass is 32.1. The molecule has 0 bridgehead atoms. The van der Waals surface area contributed by atoms with Crippen molar-refractivity contribution in [1.82, 2.24) is 9.13 Å². The minimum atomic E-state index is 1.04. The number of nitrogens with zero attached hydrogens (tertiary/aromatic N) is 2. The fourth-order valence-electron chi connectivity index (χ4n) is 10.1. The molecule has 1 aliphatic carbocycles. The van der Waals surface area contributed by atoms with Gasteiger partial charge in [0.25, 0.3) is 0 Å². The van der Waals surface area contributed by atoms with Gasteiger partial charge in [-0.1, -0.05) is 140 Å². The van der Waals surface area contributed by atoms with Crippen molar-refractivity contribution in [2.24, 2.45) is 0 Å². The smallest absolute Gasteiger partial charge is 0.0547 e. The molecule has 0 atom stereocenters. The SMILES string of the molecule is C1=Cc2c(n(-c3ccccc3)c3cc(-c4ccc5c6ccccc6c6ccc(-c7ccc8c9ccccc9n(-c9ccccc9)c8c7)c7sc4c5c76)ccc23)CC1. The van der Waals surface area contributed by atoms with E-state index in [-0.39, 0.29) is 0 Å². The van der Waals surface area contributed by atoms with Crippen LogP contribution in [0, 0.1) is 0 Å². The zero-order valence-corrected chi connectivity index (χ0v) is 31.9. The molecule has 2 nitrogen and oxygen atoms in total. The van der Waals surface area contributed by atoms with Crippen LogP contribution in [0.25, 0.3) is 114 Å². The molecule has 0 amide bonds. The van der Waals surface area contributed by atoms with E-state index >= 15 is 0 Å². The first kappa shape index (κ1) is 31.3. The van der Waals surface area contributed by atoms with Gasteiger partial charge >= 0.3 is 0 Å². The number of aromatic nitrogens is 2. The van der Waals surface area contributed by atoms with Crippen molar-refractivity contribution in [1.29, 1.82) is 0 Å². The molecule has 3 heterocycles. The molecule has 0 fully saturated rings. The van der Waals surface area contributed by atoms with E-state index in [1.807, 2.05) is 11.3 Å². The van der Waals surface area contributed by atoms with Gasteiger partial charge in [0.1, 0.15) is 0 Å². The second-order valence-electron chi connectivity index (χ2n) is 15.5. The monoisotopic (exact) mass is 742 g/mol. The van der Waals surface area contributed by atoms with E-state index in [0.717, 1.165) is 12.8 Å². The highest BCUT2D eigenvalue weighted by Gasteiger charge is 2.24. The molecule has 1 aliphatic rings. The summed E-state index contributed by atoms with van der Waals surface area (Å²) in [6, 6.07) is 63.3. The Hall–Kier alpha value is -6.94. The third kappa shape index (κ3) is 4.35. The van der Waals surface area contributed by atoms with Crippen LogP contribution in [0.2, 0.25) is 0 Å². The maximum Gasteiger partial charge on any atom is 0.0547 e. The molecule has 9 aromatic carbocycles. The molecule has 3 heteroatoms. The summed E-state index contributed by atoms with van der Waals surface area (Å²) < 4.78 is 7.64. The molecule has 57 heavy (non-hydrogen) atoms. The van der Waals surface area contributed by atoms with Crippen LogP contribution in [0.3, 0.4) is 0 Å². The molecule has 12 aromatic rings. The fourth-order valence-corrected chi connectivity index (χ4v) is 11.5. The van der Waals surface area contributed by atoms with Crippen molar-refractivity contribution < 1.29 is 0 Å². The standard InChI is InChI=1S/C54H34N2S/c1-3-13-35(14-4-1)55-47-21-11-9-19-41(47)43-25-23-33(31-49(43)55)37-27-29-45-39-17-7-8-18-40(39)46-30-28-38(54-52(46)51(45)53(37)57-54)34-24-26-44-42-20-10-12-22-48(42)56(50(44)32-34)36-15-5-2-6-16-36/h1-11,13-21,23-32H,12,22H2.